The molecule has 0 unspecified atom stereocenters. The van der Waals surface area contributed by atoms with Gasteiger partial charge in [0.05, 0.1) is 0 Å². The molecule has 1 rings (SSSR count). The molecule has 194 valence electrons. The molecule has 0 bridgehead atoms. The monoisotopic (exact) mass is 696 g/mol. The Hall–Kier alpha value is -1.14. The number of nitrogens with zero attached hydrogens (tertiary/aromatic N) is 1. The third kappa shape index (κ3) is 23.3. The number of alkyl halides is 6. The van der Waals surface area contributed by atoms with Crippen LogP contribution in [0.2, 0.25) is 0 Å². The fourth-order valence-electron chi connectivity index (χ4n) is 0.756. The molecule has 0 aliphatic carbocycles. The van der Waals surface area contributed by atoms with E-state index in [1.807, 2.05) is 24.7 Å². The Kier molecular flexibility index (Phi) is 30.9. The zero-order chi connectivity index (χ0) is 20.9. The predicted molar refractivity (Wildman–Crippen MR) is 96.7 cm³/mol. The smallest absolute Gasteiger partial charge is 0.741 e. The summed E-state index contributed by atoms with van der Waals surface area (Å²) in [4.78, 5) is 0. The van der Waals surface area contributed by atoms with Gasteiger partial charge in [-0.05, 0) is 24.1 Å². The van der Waals surface area contributed by atoms with Gasteiger partial charge in [0.15, 0.2) is 20.2 Å². The molecule has 0 aliphatic heterocycles. The van der Waals surface area contributed by atoms with Gasteiger partial charge < -0.3 is 44.4 Å². The molecule has 15 N–H and O–H groups in total. The topological polar surface area (TPSA) is 294 Å². The quantitative estimate of drug-likeness (QED) is 0.162. The van der Waals surface area contributed by atoms with Crippen LogP contribution in [0.25, 0.3) is 5.57 Å². The molecule has 0 aliphatic rings. The van der Waals surface area contributed by atoms with Crippen molar-refractivity contribution in [1.29, 1.82) is 0 Å². The molecule has 21 heteroatoms. The van der Waals surface area contributed by atoms with Crippen LogP contribution in [0.15, 0.2) is 25.0 Å². The van der Waals surface area contributed by atoms with Crippen LogP contribution in [0.3, 0.4) is 0 Å². The summed E-state index contributed by atoms with van der Waals surface area (Å²) < 4.78 is 120. The van der Waals surface area contributed by atoms with Gasteiger partial charge >= 0.3 is 30.8 Å². The van der Waals surface area contributed by atoms with Crippen LogP contribution in [0.1, 0.15) is 12.5 Å². The Morgan fingerprint density at radius 3 is 1.16 bits per heavy atom. The Bertz CT molecular complexity index is 756. The first-order valence-corrected chi connectivity index (χ1v) is 8.34. The predicted octanol–water partition coefficient (Wildman–Crippen LogP) is 2.97. The zero-order valence-electron chi connectivity index (χ0n) is 16.3. The molecule has 1 aromatic heterocycles. The molecule has 0 saturated carbocycles. The number of aryl methyl sites for hydroxylation is 1. The number of rotatable bonds is 1. The van der Waals surface area contributed by atoms with Gasteiger partial charge in [-0.1, -0.05) is 6.58 Å². The Balaban J connectivity index is -0.0000000390. The van der Waals surface area contributed by atoms with Crippen LogP contribution in [0.5, 0.6) is 0 Å². The third-order valence-corrected chi connectivity index (χ3v) is 3.03. The van der Waals surface area contributed by atoms with Gasteiger partial charge in [-0.2, -0.15) is 26.3 Å². The molecule has 1 aromatic rings. The molecule has 1 heterocycles. The summed E-state index contributed by atoms with van der Waals surface area (Å²) in [6, 6.07) is 2.06. The van der Waals surface area contributed by atoms with Crippen molar-refractivity contribution in [1.82, 2.24) is 35.3 Å². The minimum atomic E-state index is -6.09. The standard InChI is InChI=1S/C8H11N.2CHF3O3S.5H3N.Os/c1-7(2)8-4-5-9(3)6-8;2*2-1(3,4)8(5,6)7;;;;;;/h4-6H,1H2,2-3H3;2*(H,5,6,7);5*1H3;/q;;;;;;;;+2/p-2. The summed E-state index contributed by atoms with van der Waals surface area (Å²) in [5.41, 5.74) is -8.95. The van der Waals surface area contributed by atoms with Crippen LogP contribution in [0, 0.1) is 0 Å². The van der Waals surface area contributed by atoms with E-state index >= 15 is 0 Å². The van der Waals surface area contributed by atoms with Crippen molar-refractivity contribution in [2.45, 2.75) is 17.9 Å². The third-order valence-electron chi connectivity index (χ3n) is 1.89. The van der Waals surface area contributed by atoms with E-state index in [2.05, 4.69) is 18.8 Å². The fourth-order valence-corrected chi connectivity index (χ4v) is 0.756. The molecule has 0 atom stereocenters. The normalized spacial score (nSPS) is 10.0. The van der Waals surface area contributed by atoms with Crippen LogP contribution >= 0.6 is 0 Å². The summed E-state index contributed by atoms with van der Waals surface area (Å²) in [5.74, 6) is 0. The average molecular weight is 695 g/mol. The minimum Gasteiger partial charge on any atom is -0.741 e. The first-order valence-electron chi connectivity index (χ1n) is 5.52. The van der Waals surface area contributed by atoms with Gasteiger partial charge in [0, 0.05) is 19.4 Å². The van der Waals surface area contributed by atoms with Crippen molar-refractivity contribution in [3.8, 4) is 0 Å². The largest absolute Gasteiger partial charge is 2.00 e. The van der Waals surface area contributed by atoms with Gasteiger partial charge in [-0.3, -0.25) is 0 Å². The molecule has 0 fully saturated rings. The van der Waals surface area contributed by atoms with Gasteiger partial charge in [0.2, 0.25) is 0 Å². The maximum Gasteiger partial charge on any atom is 2.00 e. The fraction of sp³-hybridized carbons (Fsp3) is 0.400. The summed E-state index contributed by atoms with van der Waals surface area (Å²) in [5, 5.41) is 0. The average Bonchev–Trinajstić information content (AvgIpc) is 2.72. The van der Waals surface area contributed by atoms with Gasteiger partial charge in [0.25, 0.3) is 0 Å². The van der Waals surface area contributed by atoms with Crippen molar-refractivity contribution in [2.75, 3.05) is 0 Å². The van der Waals surface area contributed by atoms with Crippen LogP contribution in [0.4, 0.5) is 26.3 Å². The Morgan fingerprint density at radius 2 is 1.10 bits per heavy atom. The van der Waals surface area contributed by atoms with Crippen LogP contribution in [-0.4, -0.2) is 41.5 Å². The molecule has 0 radical (unpaired) electrons. The summed E-state index contributed by atoms with van der Waals surface area (Å²) in [7, 11) is -10.2. The zero-order valence-corrected chi connectivity index (χ0v) is 20.5. The second-order valence-corrected chi connectivity index (χ2v) is 6.89. The summed E-state index contributed by atoms with van der Waals surface area (Å²) in [6.07, 6.45) is 4.08. The first-order chi connectivity index (χ1) is 10.7. The van der Waals surface area contributed by atoms with E-state index in [9.17, 15) is 26.3 Å². The Morgan fingerprint density at radius 1 is 0.871 bits per heavy atom. The number of halogens is 6. The van der Waals surface area contributed by atoms with Crippen molar-refractivity contribution in [3.05, 3.63) is 30.6 Å². The number of hydrogen-bond donors (Lipinski definition) is 5. The van der Waals surface area contributed by atoms with E-state index in [1.54, 1.807) is 0 Å². The minimum absolute atomic E-state index is 0. The molecule has 0 saturated heterocycles. The van der Waals surface area contributed by atoms with Crippen LogP contribution < -0.4 is 30.8 Å². The van der Waals surface area contributed by atoms with E-state index in [-0.39, 0.29) is 50.5 Å². The maximum atomic E-state index is 10.7. The van der Waals surface area contributed by atoms with Crippen molar-refractivity contribution in [3.63, 3.8) is 0 Å². The van der Waals surface area contributed by atoms with E-state index < -0.39 is 31.3 Å². The van der Waals surface area contributed by atoms with Crippen molar-refractivity contribution < 1.29 is 72.1 Å². The van der Waals surface area contributed by atoms with Gasteiger partial charge in [-0.25, -0.2) is 16.8 Å². The Labute approximate surface area is 188 Å². The maximum absolute atomic E-state index is 10.7. The van der Waals surface area contributed by atoms with E-state index in [1.165, 1.54) is 5.56 Å². The second kappa shape index (κ2) is 18.4. The SMILES string of the molecule is C=C(C)c1ccn(C)c1.N.N.N.N.N.O=S(=O)([O-])C(F)(F)F.O=S(=O)([O-])C(F)(F)F.[Os+2]. The van der Waals surface area contributed by atoms with E-state index in [0.717, 1.165) is 5.57 Å². The van der Waals surface area contributed by atoms with Gasteiger partial charge in [-0.15, -0.1) is 0 Å². The molecular weight excluding hydrogens is 668 g/mol. The number of allylic oxidation sites excluding steroid dienone is 1. The van der Waals surface area contributed by atoms with Gasteiger partial charge in [0.1, 0.15) is 0 Å². The summed E-state index contributed by atoms with van der Waals surface area (Å²) >= 11 is 0. The van der Waals surface area contributed by atoms with E-state index in [0.29, 0.717) is 0 Å². The first kappa shape index (κ1) is 52.0. The second-order valence-electron chi connectivity index (χ2n) is 4.15. The number of aromatic nitrogens is 1. The molecule has 0 aromatic carbocycles. The number of hydrogen-bond acceptors (Lipinski definition) is 11. The van der Waals surface area contributed by atoms with E-state index in [4.69, 9.17) is 25.9 Å². The molecule has 31 heavy (non-hydrogen) atoms. The van der Waals surface area contributed by atoms with Crippen molar-refractivity contribution in [2.24, 2.45) is 7.05 Å². The van der Waals surface area contributed by atoms with Crippen molar-refractivity contribution >= 4 is 25.8 Å². The molecule has 0 amide bonds. The molecule has 12 nitrogen and oxygen atoms in total. The molecular formula is C10H26F6N6O6OsS2. The van der Waals surface area contributed by atoms with Crippen LogP contribution in [-0.2, 0) is 47.1 Å². The summed E-state index contributed by atoms with van der Waals surface area (Å²) in [6.45, 7) is 5.83. The molecule has 0 spiro atoms.